The van der Waals surface area contributed by atoms with Crippen molar-refractivity contribution < 1.29 is 9.59 Å². The van der Waals surface area contributed by atoms with Crippen LogP contribution in [0, 0.1) is 0 Å². The second-order valence-corrected chi connectivity index (χ2v) is 7.64. The fourth-order valence-electron chi connectivity index (χ4n) is 1.42. The molecule has 0 aliphatic rings. The van der Waals surface area contributed by atoms with Crippen molar-refractivity contribution in [1.29, 1.82) is 0 Å². The number of Topliss-reactive ketones (excluding diaryl/α,β-unsaturated/α-hetero) is 1. The number of amides is 1. The van der Waals surface area contributed by atoms with Crippen molar-refractivity contribution in [3.8, 4) is 0 Å². The molecule has 116 valence electrons. The SMILES string of the molecule is CC(C)(C)c1cc(NC(=O)C(Cl)=C(Cl)Cl)c(C(=O)CN)s1. The van der Waals surface area contributed by atoms with Crippen LogP contribution in [0.5, 0.6) is 0 Å². The van der Waals surface area contributed by atoms with Gasteiger partial charge in [0.15, 0.2) is 5.78 Å². The van der Waals surface area contributed by atoms with E-state index in [0.29, 0.717) is 10.6 Å². The fourth-order valence-corrected chi connectivity index (χ4v) is 2.76. The van der Waals surface area contributed by atoms with E-state index in [0.717, 1.165) is 4.88 Å². The van der Waals surface area contributed by atoms with E-state index in [-0.39, 0.29) is 27.3 Å². The Balaban J connectivity index is 3.22. The van der Waals surface area contributed by atoms with Crippen LogP contribution in [0.15, 0.2) is 15.6 Å². The summed E-state index contributed by atoms with van der Waals surface area (Å²) in [4.78, 5) is 25.1. The summed E-state index contributed by atoms with van der Waals surface area (Å²) in [5.41, 5.74) is 5.59. The third kappa shape index (κ3) is 4.69. The first-order valence-corrected chi connectivity index (χ1v) is 7.92. The Morgan fingerprint density at radius 1 is 1.29 bits per heavy atom. The van der Waals surface area contributed by atoms with Gasteiger partial charge in [-0.05, 0) is 11.5 Å². The highest BCUT2D eigenvalue weighted by atomic mass is 35.5. The number of anilines is 1. The average Bonchev–Trinajstić information content (AvgIpc) is 2.80. The number of hydrogen-bond acceptors (Lipinski definition) is 4. The first kappa shape index (κ1) is 18.5. The molecule has 8 heteroatoms. The van der Waals surface area contributed by atoms with Gasteiger partial charge in [0.05, 0.1) is 17.1 Å². The van der Waals surface area contributed by atoms with Crippen molar-refractivity contribution in [2.45, 2.75) is 26.2 Å². The van der Waals surface area contributed by atoms with E-state index in [1.807, 2.05) is 20.8 Å². The Kier molecular flexibility index (Phi) is 6.25. The summed E-state index contributed by atoms with van der Waals surface area (Å²) in [5, 5.41) is 2.20. The molecule has 0 unspecified atom stereocenters. The Morgan fingerprint density at radius 3 is 2.29 bits per heavy atom. The lowest BCUT2D eigenvalue weighted by atomic mass is 9.94. The van der Waals surface area contributed by atoms with E-state index in [4.69, 9.17) is 40.5 Å². The summed E-state index contributed by atoms with van der Waals surface area (Å²) >= 11 is 17.9. The second kappa shape index (κ2) is 7.11. The minimum atomic E-state index is -0.680. The zero-order valence-electron chi connectivity index (χ0n) is 11.7. The van der Waals surface area contributed by atoms with Crippen molar-refractivity contribution >= 4 is 63.5 Å². The van der Waals surface area contributed by atoms with E-state index in [1.54, 1.807) is 6.07 Å². The summed E-state index contributed by atoms with van der Waals surface area (Å²) in [6.07, 6.45) is 0. The molecule has 0 aromatic carbocycles. The third-order valence-corrected chi connectivity index (χ3v) is 5.06. The highest BCUT2D eigenvalue weighted by molar-refractivity contribution is 7.15. The quantitative estimate of drug-likeness (QED) is 0.622. The van der Waals surface area contributed by atoms with Gasteiger partial charge in [-0.1, -0.05) is 55.6 Å². The van der Waals surface area contributed by atoms with E-state index >= 15 is 0 Å². The first-order chi connectivity index (χ1) is 9.57. The minimum Gasteiger partial charge on any atom is -0.324 e. The van der Waals surface area contributed by atoms with Gasteiger partial charge in [-0.25, -0.2) is 0 Å². The normalized spacial score (nSPS) is 11.2. The van der Waals surface area contributed by atoms with E-state index in [9.17, 15) is 9.59 Å². The van der Waals surface area contributed by atoms with Crippen molar-refractivity contribution in [2.24, 2.45) is 5.73 Å². The van der Waals surface area contributed by atoms with Gasteiger partial charge in [-0.15, -0.1) is 11.3 Å². The monoisotopic (exact) mass is 368 g/mol. The largest absolute Gasteiger partial charge is 0.324 e. The molecule has 0 fully saturated rings. The zero-order chi connectivity index (χ0) is 16.4. The van der Waals surface area contributed by atoms with Gasteiger partial charge < -0.3 is 11.1 Å². The standard InChI is InChI=1S/C13H15Cl3N2O2S/c1-13(2,3)8-4-6(10(21-8)7(19)5-17)18-12(20)9(14)11(15)16/h4H,5,17H2,1-3H3,(H,18,20). The van der Waals surface area contributed by atoms with Gasteiger partial charge in [-0.3, -0.25) is 9.59 Å². The lowest BCUT2D eigenvalue weighted by molar-refractivity contribution is -0.112. The number of nitrogens with one attached hydrogen (secondary N) is 1. The van der Waals surface area contributed by atoms with Crippen molar-refractivity contribution in [2.75, 3.05) is 11.9 Å². The molecule has 1 aromatic heterocycles. The molecular weight excluding hydrogens is 355 g/mol. The predicted molar refractivity (Wildman–Crippen MR) is 89.6 cm³/mol. The van der Waals surface area contributed by atoms with Crippen LogP contribution in [0.3, 0.4) is 0 Å². The lowest BCUT2D eigenvalue weighted by Gasteiger charge is -2.15. The molecule has 21 heavy (non-hydrogen) atoms. The summed E-state index contributed by atoms with van der Waals surface area (Å²) < 4.78 is -0.341. The molecule has 0 saturated carbocycles. The molecule has 3 N–H and O–H groups in total. The number of nitrogens with two attached hydrogens (primary N) is 1. The molecule has 0 spiro atoms. The first-order valence-electron chi connectivity index (χ1n) is 5.97. The molecule has 1 aromatic rings. The fraction of sp³-hybridized carbons (Fsp3) is 0.385. The van der Waals surface area contributed by atoms with Crippen LogP contribution in [0.2, 0.25) is 0 Å². The summed E-state index contributed by atoms with van der Waals surface area (Å²) in [7, 11) is 0. The van der Waals surface area contributed by atoms with Crippen LogP contribution in [0.1, 0.15) is 35.3 Å². The smallest absolute Gasteiger partial charge is 0.269 e. The molecule has 1 heterocycles. The van der Waals surface area contributed by atoms with Crippen molar-refractivity contribution in [1.82, 2.24) is 0 Å². The minimum absolute atomic E-state index is 0.146. The van der Waals surface area contributed by atoms with Gasteiger partial charge in [-0.2, -0.15) is 0 Å². The number of ketones is 1. The van der Waals surface area contributed by atoms with E-state index in [1.165, 1.54) is 11.3 Å². The maximum Gasteiger partial charge on any atom is 0.269 e. The second-order valence-electron chi connectivity index (χ2n) is 5.26. The van der Waals surface area contributed by atoms with E-state index in [2.05, 4.69) is 5.32 Å². The third-order valence-electron chi connectivity index (χ3n) is 2.52. The summed E-state index contributed by atoms with van der Waals surface area (Å²) in [6.45, 7) is 5.86. The molecule has 0 bridgehead atoms. The Morgan fingerprint density at radius 2 is 1.86 bits per heavy atom. The number of hydrogen-bond donors (Lipinski definition) is 2. The molecular formula is C13H15Cl3N2O2S. The number of carbonyl (C=O) groups is 2. The number of thiophene rings is 1. The maximum absolute atomic E-state index is 11.9. The molecule has 0 atom stereocenters. The number of carbonyl (C=O) groups excluding carboxylic acids is 2. The molecule has 0 saturated heterocycles. The molecule has 0 aliphatic carbocycles. The molecule has 1 amide bonds. The van der Waals surface area contributed by atoms with Crippen LogP contribution in [-0.4, -0.2) is 18.2 Å². The Bertz CT molecular complexity index is 599. The Labute approximate surface area is 142 Å². The summed E-state index contributed by atoms with van der Waals surface area (Å²) in [5.74, 6) is -0.941. The maximum atomic E-state index is 11.9. The van der Waals surface area contributed by atoms with Gasteiger partial charge in [0.25, 0.3) is 5.91 Å². The van der Waals surface area contributed by atoms with Gasteiger partial charge in [0, 0.05) is 4.88 Å². The number of halogens is 3. The van der Waals surface area contributed by atoms with Crippen molar-refractivity contribution in [3.05, 3.63) is 25.3 Å². The van der Waals surface area contributed by atoms with Crippen LogP contribution >= 0.6 is 46.1 Å². The number of rotatable bonds is 4. The predicted octanol–water partition coefficient (Wildman–Crippen LogP) is 4.01. The molecule has 0 radical (unpaired) electrons. The molecule has 4 nitrogen and oxygen atoms in total. The highest BCUT2D eigenvalue weighted by Crippen LogP contribution is 2.36. The molecule has 1 rings (SSSR count). The van der Waals surface area contributed by atoms with Crippen LogP contribution in [-0.2, 0) is 10.2 Å². The van der Waals surface area contributed by atoms with Gasteiger partial charge in [0.2, 0.25) is 0 Å². The Hall–Kier alpha value is -0.590. The van der Waals surface area contributed by atoms with E-state index < -0.39 is 5.91 Å². The van der Waals surface area contributed by atoms with Crippen molar-refractivity contribution in [3.63, 3.8) is 0 Å². The highest BCUT2D eigenvalue weighted by Gasteiger charge is 2.24. The van der Waals surface area contributed by atoms with Crippen LogP contribution < -0.4 is 11.1 Å². The van der Waals surface area contributed by atoms with Crippen LogP contribution in [0.25, 0.3) is 0 Å². The van der Waals surface area contributed by atoms with Gasteiger partial charge >= 0.3 is 0 Å². The topological polar surface area (TPSA) is 72.2 Å². The average molecular weight is 370 g/mol. The van der Waals surface area contributed by atoms with Crippen LogP contribution in [0.4, 0.5) is 5.69 Å². The van der Waals surface area contributed by atoms with Gasteiger partial charge in [0.1, 0.15) is 9.52 Å². The lowest BCUT2D eigenvalue weighted by Crippen LogP contribution is -2.17. The zero-order valence-corrected chi connectivity index (χ0v) is 14.8. The summed E-state index contributed by atoms with van der Waals surface area (Å²) in [6, 6.07) is 1.73. The molecule has 0 aliphatic heterocycles.